The fraction of sp³-hybridized carbons (Fsp3) is 0.600. The molecule has 0 radical (unpaired) electrons. The summed E-state index contributed by atoms with van der Waals surface area (Å²) in [6.07, 6.45) is 2.66. The molecule has 0 spiro atoms. The molecule has 1 unspecified atom stereocenters. The number of hydrogen-bond acceptors (Lipinski definition) is 4. The standard InChI is InChI=1S/C20H30BrN3O2S/c1-15(2)14-23-9-11-24(12-10-23)20(26)18(8-13-27-3)22-19(25)16-6-4-5-7-17(16)21/h4-7,15,18H,8-14H2,1-3H3,(H,22,25). The normalized spacial score (nSPS) is 16.4. The Balaban J connectivity index is 1.99. The van der Waals surface area contributed by atoms with Gasteiger partial charge in [-0.25, -0.2) is 0 Å². The molecule has 1 aromatic rings. The second kappa shape index (κ2) is 11.1. The Bertz CT molecular complexity index is 633. The SMILES string of the molecule is CSCCC(NC(=O)c1ccccc1Br)C(=O)N1CCN(CC(C)C)CC1. The molecule has 1 N–H and O–H groups in total. The molecule has 1 atom stereocenters. The van der Waals surface area contributed by atoms with Crippen LogP contribution in [0.2, 0.25) is 0 Å². The van der Waals surface area contributed by atoms with Gasteiger partial charge in [0.15, 0.2) is 0 Å². The molecule has 1 aliphatic heterocycles. The van der Waals surface area contributed by atoms with Gasteiger partial charge in [-0.15, -0.1) is 0 Å². The first-order valence-electron chi connectivity index (χ1n) is 9.47. The molecule has 27 heavy (non-hydrogen) atoms. The summed E-state index contributed by atoms with van der Waals surface area (Å²) in [6.45, 7) is 8.75. The monoisotopic (exact) mass is 455 g/mol. The van der Waals surface area contributed by atoms with Crippen LogP contribution >= 0.6 is 27.7 Å². The van der Waals surface area contributed by atoms with Crippen molar-refractivity contribution in [2.45, 2.75) is 26.3 Å². The van der Waals surface area contributed by atoms with Crippen LogP contribution in [0.4, 0.5) is 0 Å². The Morgan fingerprint density at radius 3 is 2.44 bits per heavy atom. The summed E-state index contributed by atoms with van der Waals surface area (Å²) in [6, 6.07) is 6.82. The summed E-state index contributed by atoms with van der Waals surface area (Å²) in [5.41, 5.74) is 0.557. The van der Waals surface area contributed by atoms with Crippen LogP contribution in [0.25, 0.3) is 0 Å². The van der Waals surface area contributed by atoms with Crippen LogP contribution < -0.4 is 5.32 Å². The molecule has 1 aliphatic rings. The van der Waals surface area contributed by atoms with Crippen molar-refractivity contribution in [2.75, 3.05) is 44.7 Å². The van der Waals surface area contributed by atoms with Crippen molar-refractivity contribution in [1.82, 2.24) is 15.1 Å². The molecule has 0 aromatic heterocycles. The van der Waals surface area contributed by atoms with Gasteiger partial charge in [-0.3, -0.25) is 14.5 Å². The van der Waals surface area contributed by atoms with Crippen LogP contribution in [-0.4, -0.2) is 72.4 Å². The summed E-state index contributed by atoms with van der Waals surface area (Å²) in [7, 11) is 0. The highest BCUT2D eigenvalue weighted by atomic mass is 79.9. The topological polar surface area (TPSA) is 52.7 Å². The predicted octanol–water partition coefficient (Wildman–Crippen LogP) is 3.10. The molecule has 1 aromatic carbocycles. The van der Waals surface area contributed by atoms with Gasteiger partial charge in [-0.05, 0) is 52.4 Å². The molecular formula is C20H30BrN3O2S. The van der Waals surface area contributed by atoms with Crippen molar-refractivity contribution in [1.29, 1.82) is 0 Å². The average molecular weight is 456 g/mol. The minimum atomic E-state index is -0.478. The van der Waals surface area contributed by atoms with E-state index in [0.717, 1.165) is 42.9 Å². The number of thioether (sulfide) groups is 1. The average Bonchev–Trinajstić information content (AvgIpc) is 2.65. The summed E-state index contributed by atoms with van der Waals surface area (Å²) in [5.74, 6) is 1.29. The highest BCUT2D eigenvalue weighted by molar-refractivity contribution is 9.10. The van der Waals surface area contributed by atoms with E-state index < -0.39 is 6.04 Å². The van der Waals surface area contributed by atoms with Gasteiger partial charge in [0.25, 0.3) is 5.91 Å². The van der Waals surface area contributed by atoms with E-state index in [2.05, 4.69) is 40.0 Å². The maximum Gasteiger partial charge on any atom is 0.253 e. The molecule has 5 nitrogen and oxygen atoms in total. The highest BCUT2D eigenvalue weighted by Gasteiger charge is 2.29. The number of nitrogens with zero attached hydrogens (tertiary/aromatic N) is 2. The van der Waals surface area contributed by atoms with Crippen molar-refractivity contribution in [3.8, 4) is 0 Å². The van der Waals surface area contributed by atoms with Crippen LogP contribution in [0.5, 0.6) is 0 Å². The molecule has 150 valence electrons. The van der Waals surface area contributed by atoms with E-state index in [0.29, 0.717) is 17.9 Å². The number of carbonyl (C=O) groups excluding carboxylic acids is 2. The fourth-order valence-corrected chi connectivity index (χ4v) is 4.20. The third-order valence-corrected chi connectivity index (χ3v) is 5.98. The van der Waals surface area contributed by atoms with Crippen LogP contribution in [-0.2, 0) is 4.79 Å². The molecule has 1 fully saturated rings. The Hall–Kier alpha value is -1.05. The van der Waals surface area contributed by atoms with Gasteiger partial charge < -0.3 is 10.2 Å². The van der Waals surface area contributed by atoms with Crippen LogP contribution in [0, 0.1) is 5.92 Å². The summed E-state index contributed by atoms with van der Waals surface area (Å²) in [5, 5.41) is 2.96. The molecule has 7 heteroatoms. The zero-order chi connectivity index (χ0) is 19.8. The van der Waals surface area contributed by atoms with Crippen molar-refractivity contribution < 1.29 is 9.59 Å². The first kappa shape index (κ1) is 22.2. The quantitative estimate of drug-likeness (QED) is 0.653. The van der Waals surface area contributed by atoms with E-state index >= 15 is 0 Å². The van der Waals surface area contributed by atoms with Gasteiger partial charge in [0, 0.05) is 37.2 Å². The molecule has 1 saturated heterocycles. The van der Waals surface area contributed by atoms with Gasteiger partial charge in [0.2, 0.25) is 5.91 Å². The number of piperazine rings is 1. The van der Waals surface area contributed by atoms with E-state index in [9.17, 15) is 9.59 Å². The van der Waals surface area contributed by atoms with E-state index in [1.165, 1.54) is 0 Å². The molecular weight excluding hydrogens is 426 g/mol. The van der Waals surface area contributed by atoms with Gasteiger partial charge in [0.05, 0.1) is 5.56 Å². The van der Waals surface area contributed by atoms with Crippen molar-refractivity contribution >= 4 is 39.5 Å². The fourth-order valence-electron chi connectivity index (χ4n) is 3.26. The molecule has 0 aliphatic carbocycles. The summed E-state index contributed by atoms with van der Waals surface area (Å²) >= 11 is 5.10. The van der Waals surface area contributed by atoms with Crippen molar-refractivity contribution in [3.63, 3.8) is 0 Å². The number of amides is 2. The van der Waals surface area contributed by atoms with E-state index in [1.54, 1.807) is 17.8 Å². The third-order valence-electron chi connectivity index (χ3n) is 4.64. The molecule has 1 heterocycles. The number of rotatable bonds is 8. The number of nitrogens with one attached hydrogen (secondary N) is 1. The van der Waals surface area contributed by atoms with Crippen LogP contribution in [0.1, 0.15) is 30.6 Å². The zero-order valence-corrected chi connectivity index (χ0v) is 18.8. The molecule has 2 rings (SSSR count). The van der Waals surface area contributed by atoms with Crippen LogP contribution in [0.3, 0.4) is 0 Å². The Morgan fingerprint density at radius 1 is 1.19 bits per heavy atom. The minimum absolute atomic E-state index is 0.0358. The Morgan fingerprint density at radius 2 is 1.85 bits per heavy atom. The Labute approximate surface area is 175 Å². The third kappa shape index (κ3) is 6.80. The lowest BCUT2D eigenvalue weighted by Crippen LogP contribution is -2.55. The first-order chi connectivity index (χ1) is 12.9. The van der Waals surface area contributed by atoms with E-state index in [1.807, 2.05) is 29.4 Å². The highest BCUT2D eigenvalue weighted by Crippen LogP contribution is 2.17. The summed E-state index contributed by atoms with van der Waals surface area (Å²) in [4.78, 5) is 30.0. The Kier molecular flexibility index (Phi) is 9.12. The zero-order valence-electron chi connectivity index (χ0n) is 16.4. The molecule has 0 saturated carbocycles. The lowest BCUT2D eigenvalue weighted by molar-refractivity contribution is -0.135. The second-order valence-electron chi connectivity index (χ2n) is 7.31. The number of hydrogen-bond donors (Lipinski definition) is 1. The first-order valence-corrected chi connectivity index (χ1v) is 11.7. The minimum Gasteiger partial charge on any atom is -0.340 e. The largest absolute Gasteiger partial charge is 0.340 e. The van der Waals surface area contributed by atoms with Gasteiger partial charge >= 0.3 is 0 Å². The maximum absolute atomic E-state index is 13.1. The van der Waals surface area contributed by atoms with E-state index in [4.69, 9.17) is 0 Å². The van der Waals surface area contributed by atoms with Gasteiger partial charge in [-0.2, -0.15) is 11.8 Å². The maximum atomic E-state index is 13.1. The molecule has 0 bridgehead atoms. The lowest BCUT2D eigenvalue weighted by Gasteiger charge is -2.37. The second-order valence-corrected chi connectivity index (χ2v) is 9.15. The smallest absolute Gasteiger partial charge is 0.253 e. The van der Waals surface area contributed by atoms with Gasteiger partial charge in [-0.1, -0.05) is 26.0 Å². The molecule has 2 amide bonds. The van der Waals surface area contributed by atoms with E-state index in [-0.39, 0.29) is 11.8 Å². The van der Waals surface area contributed by atoms with Crippen molar-refractivity contribution in [2.24, 2.45) is 5.92 Å². The van der Waals surface area contributed by atoms with Crippen molar-refractivity contribution in [3.05, 3.63) is 34.3 Å². The lowest BCUT2D eigenvalue weighted by atomic mass is 10.1. The number of halogens is 1. The number of benzene rings is 1. The van der Waals surface area contributed by atoms with Crippen LogP contribution in [0.15, 0.2) is 28.7 Å². The number of carbonyl (C=O) groups is 2. The summed E-state index contributed by atoms with van der Waals surface area (Å²) < 4.78 is 0.737. The predicted molar refractivity (Wildman–Crippen MR) is 116 cm³/mol. The van der Waals surface area contributed by atoms with Gasteiger partial charge in [0.1, 0.15) is 6.04 Å².